The Morgan fingerprint density at radius 2 is 1.82 bits per heavy atom. The van der Waals surface area contributed by atoms with Crippen molar-refractivity contribution in [2.75, 3.05) is 45.2 Å². The Balaban J connectivity index is 1.48. The van der Waals surface area contributed by atoms with Crippen LogP contribution in [0.4, 0.5) is 0 Å². The normalized spacial score (nSPS) is 19.9. The average Bonchev–Trinajstić information content (AvgIpc) is 2.96. The molecule has 0 radical (unpaired) electrons. The molecule has 0 aromatic heterocycles. The van der Waals surface area contributed by atoms with E-state index in [9.17, 15) is 4.79 Å². The van der Waals surface area contributed by atoms with E-state index < -0.39 is 5.92 Å². The molecule has 2 atom stereocenters. The number of benzene rings is 2. The van der Waals surface area contributed by atoms with Gasteiger partial charge in [-0.05, 0) is 67.8 Å². The van der Waals surface area contributed by atoms with Crippen molar-refractivity contribution in [1.82, 2.24) is 4.90 Å². The van der Waals surface area contributed by atoms with Crippen LogP contribution in [0.5, 0.6) is 0 Å². The Kier molecular flexibility index (Phi) is 12.2. The lowest BCUT2D eigenvalue weighted by molar-refractivity contribution is -0.144. The van der Waals surface area contributed by atoms with Gasteiger partial charge in [0.05, 0.1) is 41.3 Å². The molecule has 0 aliphatic carbocycles. The zero-order valence-electron chi connectivity index (χ0n) is 22.5. The van der Waals surface area contributed by atoms with Crippen molar-refractivity contribution in [1.29, 1.82) is 0 Å². The summed E-state index contributed by atoms with van der Waals surface area (Å²) in [6, 6.07) is 15.5. The van der Waals surface area contributed by atoms with E-state index in [4.69, 9.17) is 42.7 Å². The summed E-state index contributed by atoms with van der Waals surface area (Å²) in [6.45, 7) is 6.33. The molecule has 2 aliphatic heterocycles. The summed E-state index contributed by atoms with van der Waals surface area (Å²) in [6.07, 6.45) is 5.35. The van der Waals surface area contributed by atoms with Gasteiger partial charge in [0.25, 0.3) is 0 Å². The molecule has 1 fully saturated rings. The van der Waals surface area contributed by atoms with Crippen LogP contribution >= 0.6 is 35.0 Å². The number of hydrogen-bond donors (Lipinski definition) is 0. The van der Waals surface area contributed by atoms with Crippen molar-refractivity contribution in [2.24, 2.45) is 15.9 Å². The molecule has 0 saturated carbocycles. The minimum Gasteiger partial charge on any atom is -0.465 e. The van der Waals surface area contributed by atoms with Gasteiger partial charge in [0.1, 0.15) is 5.92 Å². The lowest BCUT2D eigenvalue weighted by Crippen LogP contribution is -2.40. The van der Waals surface area contributed by atoms with E-state index in [2.05, 4.69) is 24.0 Å². The second kappa shape index (κ2) is 15.8. The van der Waals surface area contributed by atoms with Crippen molar-refractivity contribution in [3.05, 3.63) is 69.7 Å². The number of aryl methyl sites for hydroxylation is 1. The first-order valence-corrected chi connectivity index (χ1v) is 15.6. The summed E-state index contributed by atoms with van der Waals surface area (Å²) in [5.74, 6) is -0.293. The van der Waals surface area contributed by atoms with E-state index in [1.807, 2.05) is 24.3 Å². The summed E-state index contributed by atoms with van der Waals surface area (Å²) in [5.41, 5.74) is 2.83. The average molecular weight is 591 g/mol. The van der Waals surface area contributed by atoms with Gasteiger partial charge in [-0.2, -0.15) is 0 Å². The molecule has 0 bridgehead atoms. The summed E-state index contributed by atoms with van der Waals surface area (Å²) >= 11 is 14.2. The molecule has 9 heteroatoms. The summed E-state index contributed by atoms with van der Waals surface area (Å²) in [4.78, 5) is 25.7. The van der Waals surface area contributed by atoms with Crippen LogP contribution in [0.1, 0.15) is 43.7 Å². The number of thioether (sulfide) groups is 1. The Morgan fingerprint density at radius 3 is 2.56 bits per heavy atom. The number of halogens is 2. The van der Waals surface area contributed by atoms with E-state index in [0.717, 1.165) is 43.8 Å². The van der Waals surface area contributed by atoms with Gasteiger partial charge in [-0.3, -0.25) is 14.8 Å². The number of rotatable bonds is 13. The fourth-order valence-electron chi connectivity index (χ4n) is 4.82. The smallest absolute Gasteiger partial charge is 0.320 e. The molecule has 2 aromatic rings. The Bertz CT molecular complexity index is 1140. The van der Waals surface area contributed by atoms with Crippen LogP contribution in [-0.4, -0.2) is 73.0 Å². The molecule has 2 aliphatic rings. The Morgan fingerprint density at radius 1 is 1.03 bits per heavy atom. The highest BCUT2D eigenvalue weighted by Crippen LogP contribution is 2.29. The first-order chi connectivity index (χ1) is 19.0. The van der Waals surface area contributed by atoms with E-state index >= 15 is 0 Å². The number of carbonyl (C=O) groups is 1. The molecule has 2 heterocycles. The fraction of sp³-hybridized carbons (Fsp3) is 0.500. The molecule has 0 N–H and O–H groups in total. The van der Waals surface area contributed by atoms with E-state index in [0.29, 0.717) is 34.7 Å². The number of piperidine rings is 1. The first kappa shape index (κ1) is 30.1. The predicted molar refractivity (Wildman–Crippen MR) is 163 cm³/mol. The maximum absolute atomic E-state index is 13.6. The summed E-state index contributed by atoms with van der Waals surface area (Å²) < 4.78 is 11.9. The number of likely N-dealkylation sites (tertiary alicyclic amines) is 1. The van der Waals surface area contributed by atoms with Crippen molar-refractivity contribution in [3.8, 4) is 0 Å². The second-order valence-corrected chi connectivity index (χ2v) is 11.8. The van der Waals surface area contributed by atoms with Crippen molar-refractivity contribution < 1.29 is 14.3 Å². The fourth-order valence-corrected chi connectivity index (χ4v) is 5.81. The van der Waals surface area contributed by atoms with E-state index in [1.54, 1.807) is 23.9 Å². The van der Waals surface area contributed by atoms with Gasteiger partial charge < -0.3 is 14.4 Å². The lowest BCUT2D eigenvalue weighted by atomic mass is 9.91. The van der Waals surface area contributed by atoms with Gasteiger partial charge in [-0.1, -0.05) is 72.9 Å². The van der Waals surface area contributed by atoms with Crippen molar-refractivity contribution in [3.63, 3.8) is 0 Å². The van der Waals surface area contributed by atoms with E-state index in [1.165, 1.54) is 24.8 Å². The van der Waals surface area contributed by atoms with Gasteiger partial charge >= 0.3 is 5.97 Å². The number of ether oxygens (including phenoxy) is 2. The van der Waals surface area contributed by atoms with Crippen LogP contribution in [0.2, 0.25) is 10.0 Å². The number of carbonyl (C=O) groups excluding carboxylic acids is 1. The third-order valence-corrected chi connectivity index (χ3v) is 8.43. The predicted octanol–water partition coefficient (Wildman–Crippen LogP) is 6.57. The monoisotopic (exact) mass is 589 g/mol. The molecular formula is C30H37Cl2N3O3S. The third kappa shape index (κ3) is 9.05. The van der Waals surface area contributed by atoms with Gasteiger partial charge in [0.15, 0.2) is 5.50 Å². The molecule has 6 nitrogen and oxygen atoms in total. The molecule has 2 aromatic carbocycles. The molecule has 0 spiro atoms. The SMILES string of the molecule is CCSC1N=C(COCCN2CCCCC2)C(C(=O)OCCCc2ccccc2)C(c2ccc(Cl)c(Cl)c2)=N1. The van der Waals surface area contributed by atoms with Crippen LogP contribution in [0.25, 0.3) is 0 Å². The molecule has 1 saturated heterocycles. The van der Waals surface area contributed by atoms with Gasteiger partial charge in [-0.25, -0.2) is 0 Å². The van der Waals surface area contributed by atoms with Crippen molar-refractivity contribution >= 4 is 52.4 Å². The maximum atomic E-state index is 13.6. The van der Waals surface area contributed by atoms with Crippen LogP contribution in [0.15, 0.2) is 58.5 Å². The quantitative estimate of drug-likeness (QED) is 0.195. The summed E-state index contributed by atoms with van der Waals surface area (Å²) in [7, 11) is 0. The van der Waals surface area contributed by atoms with Crippen LogP contribution in [0.3, 0.4) is 0 Å². The summed E-state index contributed by atoms with van der Waals surface area (Å²) in [5, 5.41) is 0.861. The lowest BCUT2D eigenvalue weighted by Gasteiger charge is -2.28. The number of hydrogen-bond acceptors (Lipinski definition) is 7. The molecule has 210 valence electrons. The highest BCUT2D eigenvalue weighted by Gasteiger charge is 2.36. The molecule has 4 rings (SSSR count). The van der Waals surface area contributed by atoms with Gasteiger partial charge in [0, 0.05) is 6.54 Å². The van der Waals surface area contributed by atoms with Gasteiger partial charge in [0.2, 0.25) is 0 Å². The van der Waals surface area contributed by atoms with E-state index in [-0.39, 0.29) is 18.1 Å². The molecular weight excluding hydrogens is 553 g/mol. The zero-order valence-corrected chi connectivity index (χ0v) is 24.8. The van der Waals surface area contributed by atoms with Crippen LogP contribution < -0.4 is 0 Å². The molecule has 2 unspecified atom stereocenters. The number of aliphatic imine (C=N–C) groups is 2. The molecule has 39 heavy (non-hydrogen) atoms. The highest BCUT2D eigenvalue weighted by molar-refractivity contribution is 7.99. The largest absolute Gasteiger partial charge is 0.465 e. The van der Waals surface area contributed by atoms with Crippen molar-refractivity contribution in [2.45, 2.75) is 44.5 Å². The number of nitrogens with zero attached hydrogens (tertiary/aromatic N) is 3. The Labute approximate surface area is 246 Å². The molecule has 0 amide bonds. The Hall–Kier alpha value is -1.90. The zero-order chi connectivity index (χ0) is 27.5. The van der Waals surface area contributed by atoms with Crippen LogP contribution in [-0.2, 0) is 20.7 Å². The maximum Gasteiger partial charge on any atom is 0.320 e. The minimum absolute atomic E-state index is 0.249. The van der Waals surface area contributed by atoms with Crippen LogP contribution in [0, 0.1) is 5.92 Å². The standard InChI is InChI=1S/C30H37Cl2N3O3S/c1-2-39-30-33-26(21-37-19-17-35-15-7-4-8-16-35)27(28(34-30)23-13-14-24(31)25(32)20-23)29(36)38-18-9-12-22-10-5-3-6-11-22/h3,5-6,10-11,13-14,20,27,30H,2,4,7-9,12,15-19,21H2,1H3. The topological polar surface area (TPSA) is 63.5 Å². The third-order valence-electron chi connectivity index (χ3n) is 6.85. The minimum atomic E-state index is -0.761. The highest BCUT2D eigenvalue weighted by atomic mass is 35.5. The van der Waals surface area contributed by atoms with Gasteiger partial charge in [-0.15, -0.1) is 11.8 Å². The first-order valence-electron chi connectivity index (χ1n) is 13.8. The second-order valence-electron chi connectivity index (χ2n) is 9.69. The number of esters is 1.